The lowest BCUT2D eigenvalue weighted by molar-refractivity contribution is 0.616. The molecule has 0 heterocycles. The highest BCUT2D eigenvalue weighted by atomic mass is 14.3. The number of fused-ring (bicyclic) bond motifs is 3. The lowest BCUT2D eigenvalue weighted by Gasteiger charge is -2.16. The number of nitrogens with zero attached hydrogens (tertiary/aromatic N) is 1. The molecule has 0 N–H and O–H groups in total. The second-order valence-corrected chi connectivity index (χ2v) is 7.69. The molecule has 1 aliphatic carbocycles. The molecule has 0 saturated heterocycles. The topological polar surface area (TPSA) is 23.8 Å². The standard InChI is InChI=1S/C26H25N/c1-18(17-27)8-5-12-21-19(2)9-6-13-23(21)25-15-7-14-24-22-11-4-3-10-20(22)16-26(24)25/h3-4,6-7,9-11,13-15,18H,5,8,12,16H2,1-2H3. The predicted molar refractivity (Wildman–Crippen MR) is 113 cm³/mol. The fraction of sp³-hybridized carbons (Fsp3) is 0.269. The van der Waals surface area contributed by atoms with E-state index in [2.05, 4.69) is 73.7 Å². The first-order chi connectivity index (χ1) is 13.2. The van der Waals surface area contributed by atoms with Crippen LogP contribution in [-0.4, -0.2) is 0 Å². The maximum Gasteiger partial charge on any atom is 0.0652 e. The molecular formula is C26H25N. The molecule has 0 aromatic heterocycles. The highest BCUT2D eigenvalue weighted by Crippen LogP contribution is 2.42. The number of nitriles is 1. The maximum absolute atomic E-state index is 9.06. The average molecular weight is 351 g/mol. The number of hydrogen-bond donors (Lipinski definition) is 0. The minimum atomic E-state index is 0.132. The molecule has 0 spiro atoms. The molecule has 0 saturated carbocycles. The summed E-state index contributed by atoms with van der Waals surface area (Å²) in [6.45, 7) is 4.23. The van der Waals surface area contributed by atoms with E-state index in [0.29, 0.717) is 0 Å². The molecule has 0 amide bonds. The highest BCUT2D eigenvalue weighted by molar-refractivity contribution is 5.85. The molecule has 3 aromatic rings. The number of benzene rings is 3. The van der Waals surface area contributed by atoms with E-state index in [1.807, 2.05) is 6.92 Å². The molecule has 0 fully saturated rings. The molecule has 1 nitrogen and oxygen atoms in total. The Kier molecular flexibility index (Phi) is 4.82. The van der Waals surface area contributed by atoms with Crippen molar-refractivity contribution in [3.8, 4) is 28.3 Å². The number of aryl methyl sites for hydroxylation is 1. The zero-order chi connectivity index (χ0) is 18.8. The SMILES string of the molecule is Cc1cccc(-c2cccc3c2Cc2ccccc2-3)c1CCCC(C)C#N. The van der Waals surface area contributed by atoms with Crippen molar-refractivity contribution >= 4 is 0 Å². The molecule has 1 heteroatoms. The van der Waals surface area contributed by atoms with Gasteiger partial charge in [-0.1, -0.05) is 60.7 Å². The molecule has 0 bridgehead atoms. The van der Waals surface area contributed by atoms with Crippen LogP contribution in [0.4, 0.5) is 0 Å². The van der Waals surface area contributed by atoms with Gasteiger partial charge in [0.2, 0.25) is 0 Å². The number of hydrogen-bond acceptors (Lipinski definition) is 1. The molecule has 0 aliphatic heterocycles. The summed E-state index contributed by atoms with van der Waals surface area (Å²) in [5, 5.41) is 9.06. The minimum absolute atomic E-state index is 0.132. The van der Waals surface area contributed by atoms with E-state index < -0.39 is 0 Å². The van der Waals surface area contributed by atoms with Crippen molar-refractivity contribution in [2.75, 3.05) is 0 Å². The van der Waals surface area contributed by atoms with Gasteiger partial charge in [0.1, 0.15) is 0 Å². The monoisotopic (exact) mass is 351 g/mol. The Hall–Kier alpha value is -2.85. The molecular weight excluding hydrogens is 326 g/mol. The van der Waals surface area contributed by atoms with Crippen LogP contribution in [0, 0.1) is 24.2 Å². The highest BCUT2D eigenvalue weighted by Gasteiger charge is 2.22. The van der Waals surface area contributed by atoms with E-state index in [0.717, 1.165) is 25.7 Å². The normalized spacial score (nSPS) is 12.9. The molecule has 27 heavy (non-hydrogen) atoms. The van der Waals surface area contributed by atoms with E-state index in [-0.39, 0.29) is 5.92 Å². The summed E-state index contributed by atoms with van der Waals surface area (Å²) in [6, 6.07) is 24.5. The van der Waals surface area contributed by atoms with Crippen LogP contribution in [0.1, 0.15) is 42.0 Å². The first-order valence-electron chi connectivity index (χ1n) is 9.87. The van der Waals surface area contributed by atoms with Crippen LogP contribution in [0.15, 0.2) is 60.7 Å². The largest absolute Gasteiger partial charge is 0.198 e. The lowest BCUT2D eigenvalue weighted by Crippen LogP contribution is -1.99. The quantitative estimate of drug-likeness (QED) is 0.392. The van der Waals surface area contributed by atoms with Gasteiger partial charge in [-0.05, 0) is 84.0 Å². The molecule has 1 atom stereocenters. The van der Waals surface area contributed by atoms with Gasteiger partial charge in [0.25, 0.3) is 0 Å². The Morgan fingerprint density at radius 3 is 2.37 bits per heavy atom. The van der Waals surface area contributed by atoms with Gasteiger partial charge >= 0.3 is 0 Å². The van der Waals surface area contributed by atoms with Gasteiger partial charge in [-0.25, -0.2) is 0 Å². The zero-order valence-corrected chi connectivity index (χ0v) is 16.1. The van der Waals surface area contributed by atoms with Gasteiger partial charge in [0.05, 0.1) is 6.07 Å². The van der Waals surface area contributed by atoms with Crippen LogP contribution in [-0.2, 0) is 12.8 Å². The molecule has 0 radical (unpaired) electrons. The van der Waals surface area contributed by atoms with Gasteiger partial charge in [-0.15, -0.1) is 0 Å². The summed E-state index contributed by atoms with van der Waals surface area (Å²) < 4.78 is 0. The van der Waals surface area contributed by atoms with Crippen molar-refractivity contribution in [1.82, 2.24) is 0 Å². The Bertz CT molecular complexity index is 1020. The Morgan fingerprint density at radius 2 is 1.56 bits per heavy atom. The summed E-state index contributed by atoms with van der Waals surface area (Å²) >= 11 is 0. The summed E-state index contributed by atoms with van der Waals surface area (Å²) in [7, 11) is 0. The van der Waals surface area contributed by atoms with Gasteiger partial charge in [-0.2, -0.15) is 5.26 Å². The molecule has 1 unspecified atom stereocenters. The Labute approximate surface area is 162 Å². The third kappa shape index (κ3) is 3.28. The van der Waals surface area contributed by atoms with Crippen molar-refractivity contribution in [2.24, 2.45) is 5.92 Å². The van der Waals surface area contributed by atoms with Crippen LogP contribution in [0.3, 0.4) is 0 Å². The van der Waals surface area contributed by atoms with Gasteiger partial charge < -0.3 is 0 Å². The van der Waals surface area contributed by atoms with E-state index in [9.17, 15) is 0 Å². The minimum Gasteiger partial charge on any atom is -0.198 e. The zero-order valence-electron chi connectivity index (χ0n) is 16.1. The summed E-state index contributed by atoms with van der Waals surface area (Å²) in [6.07, 6.45) is 4.07. The lowest BCUT2D eigenvalue weighted by atomic mass is 9.88. The van der Waals surface area contributed by atoms with E-state index in [1.165, 1.54) is 44.5 Å². The van der Waals surface area contributed by atoms with Crippen molar-refractivity contribution in [3.63, 3.8) is 0 Å². The molecule has 134 valence electrons. The maximum atomic E-state index is 9.06. The van der Waals surface area contributed by atoms with Crippen molar-refractivity contribution < 1.29 is 0 Å². The van der Waals surface area contributed by atoms with E-state index in [4.69, 9.17) is 5.26 Å². The van der Waals surface area contributed by atoms with Crippen LogP contribution in [0.2, 0.25) is 0 Å². The third-order valence-corrected chi connectivity index (χ3v) is 5.84. The predicted octanol–water partition coefficient (Wildman–Crippen LogP) is 6.72. The fourth-order valence-electron chi connectivity index (χ4n) is 4.35. The number of rotatable bonds is 5. The third-order valence-electron chi connectivity index (χ3n) is 5.84. The van der Waals surface area contributed by atoms with Crippen LogP contribution >= 0.6 is 0 Å². The molecule has 1 aliphatic rings. The summed E-state index contributed by atoms with van der Waals surface area (Å²) in [5.74, 6) is 0.132. The first kappa shape index (κ1) is 17.6. The second kappa shape index (κ2) is 7.41. The fourth-order valence-corrected chi connectivity index (χ4v) is 4.35. The van der Waals surface area contributed by atoms with E-state index in [1.54, 1.807) is 0 Å². The molecule has 4 rings (SSSR count). The summed E-state index contributed by atoms with van der Waals surface area (Å²) in [4.78, 5) is 0. The molecule has 3 aromatic carbocycles. The Balaban J connectivity index is 1.74. The van der Waals surface area contributed by atoms with Crippen molar-refractivity contribution in [1.29, 1.82) is 5.26 Å². The van der Waals surface area contributed by atoms with Crippen LogP contribution in [0.25, 0.3) is 22.3 Å². The van der Waals surface area contributed by atoms with Gasteiger partial charge in [-0.3, -0.25) is 0 Å². The average Bonchev–Trinajstić information content (AvgIpc) is 3.08. The summed E-state index contributed by atoms with van der Waals surface area (Å²) in [5.41, 5.74) is 11.2. The first-order valence-corrected chi connectivity index (χ1v) is 9.87. The van der Waals surface area contributed by atoms with Crippen molar-refractivity contribution in [2.45, 2.75) is 39.5 Å². The Morgan fingerprint density at radius 1 is 0.889 bits per heavy atom. The van der Waals surface area contributed by atoms with Gasteiger partial charge in [0.15, 0.2) is 0 Å². The smallest absolute Gasteiger partial charge is 0.0652 e. The van der Waals surface area contributed by atoms with Gasteiger partial charge in [0, 0.05) is 5.92 Å². The van der Waals surface area contributed by atoms with Crippen molar-refractivity contribution in [3.05, 3.63) is 82.9 Å². The van der Waals surface area contributed by atoms with E-state index >= 15 is 0 Å². The van der Waals surface area contributed by atoms with Crippen LogP contribution in [0.5, 0.6) is 0 Å². The second-order valence-electron chi connectivity index (χ2n) is 7.69. The van der Waals surface area contributed by atoms with Crippen LogP contribution < -0.4 is 0 Å².